The quantitative estimate of drug-likeness (QED) is 0.810. The van der Waals surface area contributed by atoms with Crippen molar-refractivity contribution in [3.63, 3.8) is 0 Å². The molecule has 1 amide bonds. The predicted molar refractivity (Wildman–Crippen MR) is 83.1 cm³/mol. The van der Waals surface area contributed by atoms with E-state index in [1.807, 2.05) is 6.07 Å². The molecule has 2 aromatic rings. The van der Waals surface area contributed by atoms with Crippen LogP contribution in [0.1, 0.15) is 35.8 Å². The fourth-order valence-electron chi connectivity index (χ4n) is 2.88. The molecule has 0 radical (unpaired) electrons. The van der Waals surface area contributed by atoms with Crippen molar-refractivity contribution in [2.75, 3.05) is 7.11 Å². The minimum Gasteiger partial charge on any atom is -0.495 e. The second-order valence-electron chi connectivity index (χ2n) is 6.06. The van der Waals surface area contributed by atoms with E-state index < -0.39 is 0 Å². The summed E-state index contributed by atoms with van der Waals surface area (Å²) >= 11 is 0. The summed E-state index contributed by atoms with van der Waals surface area (Å²) in [4.78, 5) is 16.5. The number of aliphatic hydroxyl groups excluding tert-OH is 1. The zero-order valence-corrected chi connectivity index (χ0v) is 13.6. The van der Waals surface area contributed by atoms with Gasteiger partial charge in [-0.2, -0.15) is 0 Å². The van der Waals surface area contributed by atoms with Crippen molar-refractivity contribution in [2.24, 2.45) is 5.92 Å². The fourth-order valence-corrected chi connectivity index (χ4v) is 2.88. The first-order valence-electron chi connectivity index (χ1n) is 7.81. The first kappa shape index (κ1) is 16.4. The van der Waals surface area contributed by atoms with Crippen LogP contribution in [0.15, 0.2) is 23.1 Å². The zero-order chi connectivity index (χ0) is 17.1. The molecule has 24 heavy (non-hydrogen) atoms. The maximum Gasteiger partial charge on any atom is 0.226 e. The van der Waals surface area contributed by atoms with Crippen molar-refractivity contribution in [1.29, 1.82) is 0 Å². The Hall–Kier alpha value is -2.48. The van der Waals surface area contributed by atoms with Crippen molar-refractivity contribution in [3.05, 3.63) is 35.4 Å². The van der Waals surface area contributed by atoms with Gasteiger partial charge >= 0.3 is 0 Å². The van der Waals surface area contributed by atoms with Gasteiger partial charge in [0.25, 0.3) is 0 Å². The van der Waals surface area contributed by atoms with E-state index in [-0.39, 0.29) is 30.4 Å². The number of nitrogens with zero attached hydrogens (tertiary/aromatic N) is 3. The lowest BCUT2D eigenvalue weighted by atomic mass is 9.75. The van der Waals surface area contributed by atoms with Crippen molar-refractivity contribution in [1.82, 2.24) is 20.6 Å². The molecule has 1 fully saturated rings. The third-order valence-corrected chi connectivity index (χ3v) is 4.34. The second kappa shape index (κ2) is 6.96. The van der Waals surface area contributed by atoms with Crippen LogP contribution in [0.25, 0.3) is 0 Å². The van der Waals surface area contributed by atoms with Crippen LogP contribution in [0, 0.1) is 12.8 Å². The second-order valence-corrected chi connectivity index (χ2v) is 6.06. The molecular weight excluding hydrogens is 312 g/mol. The topological polar surface area (TPSA) is 110 Å². The molecule has 1 saturated carbocycles. The summed E-state index contributed by atoms with van der Waals surface area (Å²) in [5.41, 5.74) is 1.97. The number of carbonyl (C=O) groups is 1. The Morgan fingerprint density at radius 1 is 1.46 bits per heavy atom. The maximum atomic E-state index is 12.4. The highest BCUT2D eigenvalue weighted by Crippen LogP contribution is 2.38. The molecule has 2 N–H and O–H groups in total. The number of aryl methyl sites for hydroxylation is 1. The van der Waals surface area contributed by atoms with Crippen molar-refractivity contribution < 1.29 is 19.3 Å². The number of carbonyl (C=O) groups excluding carboxylic acids is 1. The Morgan fingerprint density at radius 3 is 2.88 bits per heavy atom. The smallest absolute Gasteiger partial charge is 0.226 e. The van der Waals surface area contributed by atoms with Crippen molar-refractivity contribution in [2.45, 2.75) is 38.3 Å². The molecule has 8 heteroatoms. The lowest BCUT2D eigenvalue weighted by molar-refractivity contribution is -0.122. The summed E-state index contributed by atoms with van der Waals surface area (Å²) < 4.78 is 9.83. The Kier molecular flexibility index (Phi) is 4.75. The van der Waals surface area contributed by atoms with Gasteiger partial charge in [0.1, 0.15) is 17.1 Å². The van der Waals surface area contributed by atoms with Gasteiger partial charge in [0.15, 0.2) is 0 Å². The summed E-state index contributed by atoms with van der Waals surface area (Å²) in [6, 6.07) is 1.62. The third kappa shape index (κ3) is 3.53. The number of hydrogen-bond donors (Lipinski definition) is 2. The number of pyridine rings is 1. The normalized spacial score (nSPS) is 21.0. The van der Waals surface area contributed by atoms with Gasteiger partial charge in [0.05, 0.1) is 31.9 Å². The molecule has 2 aromatic heterocycles. The third-order valence-electron chi connectivity index (χ3n) is 4.34. The van der Waals surface area contributed by atoms with Crippen molar-refractivity contribution in [3.8, 4) is 5.75 Å². The molecule has 0 aromatic carbocycles. The summed E-state index contributed by atoms with van der Waals surface area (Å²) in [6.45, 7) is 1.74. The van der Waals surface area contributed by atoms with E-state index in [1.165, 1.54) is 0 Å². The van der Waals surface area contributed by atoms with E-state index in [4.69, 9.17) is 4.74 Å². The number of ether oxygens (including phenoxy) is 1. The van der Waals surface area contributed by atoms with Crippen LogP contribution in [0.3, 0.4) is 0 Å². The highest BCUT2D eigenvalue weighted by atomic mass is 16.6. The zero-order valence-electron chi connectivity index (χ0n) is 13.6. The molecule has 0 unspecified atom stereocenters. The van der Waals surface area contributed by atoms with Gasteiger partial charge in [-0.05, 0) is 37.3 Å². The van der Waals surface area contributed by atoms with Gasteiger partial charge < -0.3 is 15.2 Å². The summed E-state index contributed by atoms with van der Waals surface area (Å²) in [6.07, 6.45) is 4.40. The van der Waals surface area contributed by atoms with Gasteiger partial charge in [-0.3, -0.25) is 9.78 Å². The monoisotopic (exact) mass is 332 g/mol. The number of methoxy groups -OCH3 is 1. The Bertz CT molecular complexity index is 712. The number of nitrogens with one attached hydrogen (secondary N) is 1. The molecular formula is C16H20N4O4. The Balaban J connectivity index is 1.75. The first-order chi connectivity index (χ1) is 11.6. The molecule has 0 bridgehead atoms. The molecule has 3 rings (SSSR count). The molecule has 0 aliphatic heterocycles. The number of aromatic nitrogens is 3. The van der Waals surface area contributed by atoms with Crippen molar-refractivity contribution >= 4 is 5.91 Å². The van der Waals surface area contributed by atoms with Gasteiger partial charge in [-0.1, -0.05) is 10.3 Å². The van der Waals surface area contributed by atoms with Gasteiger partial charge in [-0.25, -0.2) is 4.63 Å². The minimum absolute atomic E-state index is 0.0957. The van der Waals surface area contributed by atoms with Gasteiger partial charge in [-0.15, -0.1) is 0 Å². The van der Waals surface area contributed by atoms with Crippen LogP contribution >= 0.6 is 0 Å². The van der Waals surface area contributed by atoms with E-state index >= 15 is 0 Å². The van der Waals surface area contributed by atoms with Crippen LogP contribution < -0.4 is 10.1 Å². The molecule has 0 spiro atoms. The molecule has 8 nitrogen and oxygen atoms in total. The lowest BCUT2D eigenvalue weighted by Crippen LogP contribution is -2.42. The van der Waals surface area contributed by atoms with Crippen LogP contribution in [0.2, 0.25) is 0 Å². The van der Waals surface area contributed by atoms with Crippen LogP contribution in [0.4, 0.5) is 0 Å². The molecule has 1 aliphatic carbocycles. The summed E-state index contributed by atoms with van der Waals surface area (Å²) in [5.74, 6) is 0.612. The van der Waals surface area contributed by atoms with E-state index in [0.717, 1.165) is 5.56 Å². The SMILES string of the molecule is COc1cncc([C@@H](NC(=O)Cc2nonc2C)C2CC(O)C2)c1. The highest BCUT2D eigenvalue weighted by molar-refractivity contribution is 5.78. The van der Waals surface area contributed by atoms with Crippen LogP contribution in [0.5, 0.6) is 5.75 Å². The van der Waals surface area contributed by atoms with Gasteiger partial charge in [0.2, 0.25) is 5.91 Å². The minimum atomic E-state index is -0.310. The fraction of sp³-hybridized carbons (Fsp3) is 0.500. The summed E-state index contributed by atoms with van der Waals surface area (Å²) in [7, 11) is 1.57. The maximum absolute atomic E-state index is 12.4. The highest BCUT2D eigenvalue weighted by Gasteiger charge is 2.36. The lowest BCUT2D eigenvalue weighted by Gasteiger charge is -2.38. The van der Waals surface area contributed by atoms with E-state index in [9.17, 15) is 9.90 Å². The van der Waals surface area contributed by atoms with E-state index in [2.05, 4.69) is 25.2 Å². The van der Waals surface area contributed by atoms with Gasteiger partial charge in [0, 0.05) is 6.20 Å². The Morgan fingerprint density at radius 2 is 2.25 bits per heavy atom. The number of rotatable bonds is 6. The predicted octanol–water partition coefficient (Wildman–Crippen LogP) is 0.953. The average molecular weight is 332 g/mol. The standard InChI is InChI=1S/C16H20N4O4/c1-9-14(20-24-19-9)6-15(22)18-16(10-3-12(21)4-10)11-5-13(23-2)8-17-7-11/h5,7-8,10,12,16,21H,3-4,6H2,1-2H3,(H,18,22)/t10?,12?,16-/m0/s1. The van der Waals surface area contributed by atoms with E-state index in [0.29, 0.717) is 30.0 Å². The largest absolute Gasteiger partial charge is 0.495 e. The molecule has 2 heterocycles. The first-order valence-corrected chi connectivity index (χ1v) is 7.81. The molecule has 1 aliphatic rings. The van der Waals surface area contributed by atoms with Crippen LogP contribution in [-0.4, -0.2) is 39.5 Å². The molecule has 1 atom stereocenters. The molecule has 0 saturated heterocycles. The number of amides is 1. The number of aliphatic hydroxyl groups is 1. The number of hydrogen-bond acceptors (Lipinski definition) is 7. The average Bonchev–Trinajstić information content (AvgIpc) is 2.95. The molecule has 128 valence electrons. The van der Waals surface area contributed by atoms with E-state index in [1.54, 1.807) is 26.4 Å². The summed E-state index contributed by atoms with van der Waals surface area (Å²) in [5, 5.41) is 20.0. The Labute approximate surface area is 139 Å². The van der Waals surface area contributed by atoms with Crippen LogP contribution in [-0.2, 0) is 11.2 Å².